The van der Waals surface area contributed by atoms with Crippen molar-refractivity contribution in [1.29, 1.82) is 0 Å². The van der Waals surface area contributed by atoms with Crippen molar-refractivity contribution in [2.75, 3.05) is 19.5 Å². The molecular weight excluding hydrogens is 392 g/mol. The SMILES string of the molecule is COc1ccccc1NC(=O)C1=C(C)N(C)C(=S)N[C@H]1c1ccc([N+](=O)[O-])cc1. The van der Waals surface area contributed by atoms with E-state index in [-0.39, 0.29) is 11.6 Å². The Morgan fingerprint density at radius 2 is 1.90 bits per heavy atom. The monoisotopic (exact) mass is 412 g/mol. The third-order valence-electron chi connectivity index (χ3n) is 4.79. The number of thiocarbonyl (C=S) groups is 1. The van der Waals surface area contributed by atoms with Gasteiger partial charge in [0.1, 0.15) is 5.75 Å². The Kier molecular flexibility index (Phi) is 5.79. The molecule has 0 unspecified atom stereocenters. The van der Waals surface area contributed by atoms with Gasteiger partial charge in [-0.25, -0.2) is 0 Å². The number of methoxy groups -OCH3 is 1. The summed E-state index contributed by atoms with van der Waals surface area (Å²) in [4.78, 5) is 25.4. The summed E-state index contributed by atoms with van der Waals surface area (Å²) in [6.45, 7) is 1.81. The molecule has 2 N–H and O–H groups in total. The minimum Gasteiger partial charge on any atom is -0.495 e. The number of nitrogens with zero attached hydrogens (tertiary/aromatic N) is 2. The number of nitro benzene ring substituents is 1. The van der Waals surface area contributed by atoms with Gasteiger partial charge in [0.2, 0.25) is 0 Å². The van der Waals surface area contributed by atoms with Gasteiger partial charge < -0.3 is 20.3 Å². The number of hydrogen-bond acceptors (Lipinski definition) is 5. The Hall–Kier alpha value is -3.46. The highest BCUT2D eigenvalue weighted by atomic mass is 32.1. The molecule has 2 aromatic carbocycles. The van der Waals surface area contributed by atoms with Gasteiger partial charge in [0.25, 0.3) is 11.6 Å². The number of hydrogen-bond donors (Lipinski definition) is 2. The van der Waals surface area contributed by atoms with E-state index >= 15 is 0 Å². The standard InChI is InChI=1S/C20H20N4O4S/c1-12-17(19(25)21-15-6-4-5-7-16(15)28-3)18(22-20(29)23(12)2)13-8-10-14(11-9-13)24(26)27/h4-11,18H,1-3H3,(H,21,25)(H,22,29)/t18-/m0/s1. The molecule has 2 aromatic rings. The molecule has 0 bridgehead atoms. The van der Waals surface area contributed by atoms with E-state index in [9.17, 15) is 14.9 Å². The summed E-state index contributed by atoms with van der Waals surface area (Å²) in [7, 11) is 3.30. The summed E-state index contributed by atoms with van der Waals surface area (Å²) in [6.07, 6.45) is 0. The van der Waals surface area contributed by atoms with Crippen molar-refractivity contribution in [1.82, 2.24) is 10.2 Å². The zero-order valence-electron chi connectivity index (χ0n) is 16.1. The summed E-state index contributed by atoms with van der Waals surface area (Å²) in [5.41, 5.74) is 2.35. The first-order chi connectivity index (χ1) is 13.8. The van der Waals surface area contributed by atoms with Crippen LogP contribution in [0.5, 0.6) is 5.75 Å². The van der Waals surface area contributed by atoms with Gasteiger partial charge in [-0.05, 0) is 49.0 Å². The maximum Gasteiger partial charge on any atom is 0.269 e. The molecule has 0 spiro atoms. The zero-order valence-corrected chi connectivity index (χ0v) is 16.9. The number of amides is 1. The third kappa shape index (κ3) is 4.04. The first-order valence-electron chi connectivity index (χ1n) is 8.77. The first kappa shape index (κ1) is 20.3. The normalized spacial score (nSPS) is 16.3. The van der Waals surface area contributed by atoms with Crippen LogP contribution in [0.25, 0.3) is 0 Å². The van der Waals surface area contributed by atoms with E-state index in [2.05, 4.69) is 10.6 Å². The van der Waals surface area contributed by atoms with Crippen molar-refractivity contribution < 1.29 is 14.5 Å². The number of para-hydroxylation sites is 2. The third-order valence-corrected chi connectivity index (χ3v) is 5.18. The summed E-state index contributed by atoms with van der Waals surface area (Å²) in [5, 5.41) is 17.4. The van der Waals surface area contributed by atoms with Crippen molar-refractivity contribution in [2.45, 2.75) is 13.0 Å². The van der Waals surface area contributed by atoms with Crippen LogP contribution in [-0.4, -0.2) is 35.0 Å². The van der Waals surface area contributed by atoms with Gasteiger partial charge in [0.15, 0.2) is 5.11 Å². The lowest BCUT2D eigenvalue weighted by atomic mass is 9.94. The molecular formula is C20H20N4O4S. The molecule has 29 heavy (non-hydrogen) atoms. The number of carbonyl (C=O) groups is 1. The summed E-state index contributed by atoms with van der Waals surface area (Å²) >= 11 is 5.38. The minimum absolute atomic E-state index is 0.0232. The van der Waals surface area contributed by atoms with Gasteiger partial charge in [-0.1, -0.05) is 12.1 Å². The number of benzene rings is 2. The molecule has 0 aliphatic carbocycles. The van der Waals surface area contributed by atoms with E-state index in [0.717, 1.165) is 0 Å². The van der Waals surface area contributed by atoms with Gasteiger partial charge in [0.05, 0.1) is 29.3 Å². The average molecular weight is 412 g/mol. The number of carbonyl (C=O) groups excluding carboxylic acids is 1. The van der Waals surface area contributed by atoms with Crippen LogP contribution in [0.4, 0.5) is 11.4 Å². The van der Waals surface area contributed by atoms with Gasteiger partial charge >= 0.3 is 0 Å². The van der Waals surface area contributed by atoms with Crippen LogP contribution in [0.3, 0.4) is 0 Å². The quantitative estimate of drug-likeness (QED) is 0.441. The highest BCUT2D eigenvalue weighted by molar-refractivity contribution is 7.80. The number of allylic oxidation sites excluding steroid dienone is 1. The van der Waals surface area contributed by atoms with E-state index < -0.39 is 11.0 Å². The van der Waals surface area contributed by atoms with E-state index in [1.165, 1.54) is 19.2 Å². The Bertz CT molecular complexity index is 1000. The van der Waals surface area contributed by atoms with Crippen LogP contribution in [0.1, 0.15) is 18.5 Å². The van der Waals surface area contributed by atoms with Crippen LogP contribution in [0.2, 0.25) is 0 Å². The largest absolute Gasteiger partial charge is 0.495 e. The molecule has 1 aliphatic rings. The molecule has 8 nitrogen and oxygen atoms in total. The lowest BCUT2D eigenvalue weighted by Crippen LogP contribution is -2.46. The van der Waals surface area contributed by atoms with Crippen LogP contribution >= 0.6 is 12.2 Å². The van der Waals surface area contributed by atoms with Gasteiger partial charge in [-0.15, -0.1) is 0 Å². The molecule has 0 aromatic heterocycles. The fourth-order valence-corrected chi connectivity index (χ4v) is 3.36. The number of ether oxygens (including phenoxy) is 1. The molecule has 0 saturated heterocycles. The molecule has 1 heterocycles. The smallest absolute Gasteiger partial charge is 0.269 e. The summed E-state index contributed by atoms with van der Waals surface area (Å²) < 4.78 is 5.30. The maximum absolute atomic E-state index is 13.2. The number of non-ortho nitro benzene ring substituents is 1. The fourth-order valence-electron chi connectivity index (χ4n) is 3.11. The van der Waals surface area contributed by atoms with Crippen LogP contribution in [0, 0.1) is 10.1 Å². The molecule has 9 heteroatoms. The number of nitro groups is 1. The van der Waals surface area contributed by atoms with Crippen LogP contribution in [0.15, 0.2) is 59.8 Å². The predicted molar refractivity (Wildman–Crippen MR) is 114 cm³/mol. The molecule has 0 fully saturated rings. The molecule has 0 saturated carbocycles. The van der Waals surface area contributed by atoms with Gasteiger partial charge in [-0.3, -0.25) is 14.9 Å². The molecule has 1 amide bonds. The van der Waals surface area contributed by atoms with Crippen molar-refractivity contribution in [3.8, 4) is 5.75 Å². The molecule has 1 aliphatic heterocycles. The first-order valence-corrected chi connectivity index (χ1v) is 9.18. The van der Waals surface area contributed by atoms with Crippen molar-refractivity contribution in [3.05, 3.63) is 75.5 Å². The lowest BCUT2D eigenvalue weighted by molar-refractivity contribution is -0.384. The fraction of sp³-hybridized carbons (Fsp3) is 0.200. The van der Waals surface area contributed by atoms with Crippen LogP contribution in [-0.2, 0) is 4.79 Å². The summed E-state index contributed by atoms with van der Waals surface area (Å²) in [5.74, 6) is 0.218. The second-order valence-corrected chi connectivity index (χ2v) is 6.83. The molecule has 0 radical (unpaired) electrons. The second kappa shape index (κ2) is 8.27. The number of rotatable bonds is 5. The Labute approximate surface area is 173 Å². The predicted octanol–water partition coefficient (Wildman–Crippen LogP) is 3.38. The molecule has 150 valence electrons. The number of nitrogens with one attached hydrogen (secondary N) is 2. The van der Waals surface area contributed by atoms with E-state index in [1.807, 2.05) is 13.0 Å². The average Bonchev–Trinajstić information content (AvgIpc) is 2.72. The maximum atomic E-state index is 13.2. The Morgan fingerprint density at radius 1 is 1.24 bits per heavy atom. The second-order valence-electron chi connectivity index (χ2n) is 6.44. The van der Waals surface area contributed by atoms with Gasteiger partial charge in [-0.2, -0.15) is 0 Å². The number of anilines is 1. The molecule has 1 atom stereocenters. The van der Waals surface area contributed by atoms with E-state index in [4.69, 9.17) is 17.0 Å². The van der Waals surface area contributed by atoms with E-state index in [0.29, 0.717) is 33.4 Å². The molecule has 3 rings (SSSR count). The Balaban J connectivity index is 2.00. The Morgan fingerprint density at radius 3 is 2.52 bits per heavy atom. The summed E-state index contributed by atoms with van der Waals surface area (Å²) in [6, 6.07) is 12.6. The van der Waals surface area contributed by atoms with Crippen molar-refractivity contribution in [2.24, 2.45) is 0 Å². The zero-order chi connectivity index (χ0) is 21.1. The lowest BCUT2D eigenvalue weighted by Gasteiger charge is -2.35. The topological polar surface area (TPSA) is 96.7 Å². The van der Waals surface area contributed by atoms with E-state index in [1.54, 1.807) is 42.3 Å². The van der Waals surface area contributed by atoms with Crippen molar-refractivity contribution in [3.63, 3.8) is 0 Å². The highest BCUT2D eigenvalue weighted by Crippen LogP contribution is 2.32. The highest BCUT2D eigenvalue weighted by Gasteiger charge is 2.33. The van der Waals surface area contributed by atoms with Gasteiger partial charge in [0, 0.05) is 24.9 Å². The van der Waals surface area contributed by atoms with Crippen molar-refractivity contribution >= 4 is 34.6 Å². The minimum atomic E-state index is -0.547. The van der Waals surface area contributed by atoms with Crippen LogP contribution < -0.4 is 15.4 Å².